The summed E-state index contributed by atoms with van der Waals surface area (Å²) in [6, 6.07) is 4.09. The van der Waals surface area contributed by atoms with E-state index in [2.05, 4.69) is 15.8 Å². The van der Waals surface area contributed by atoms with Crippen molar-refractivity contribution < 1.29 is 14.7 Å². The molecule has 0 bridgehead atoms. The zero-order chi connectivity index (χ0) is 15.5. The van der Waals surface area contributed by atoms with Crippen LogP contribution in [0.3, 0.4) is 0 Å². The Morgan fingerprint density at radius 1 is 1.50 bits per heavy atom. The quantitative estimate of drug-likeness (QED) is 0.534. The number of ether oxygens (including phenoxy) is 1. The number of fused-ring (bicyclic) bond motifs is 1. The van der Waals surface area contributed by atoms with Crippen LogP contribution in [0.5, 0.6) is 0 Å². The molecule has 2 aromatic heterocycles. The van der Waals surface area contributed by atoms with Crippen molar-refractivity contribution >= 4 is 23.0 Å². The van der Waals surface area contributed by atoms with Crippen molar-refractivity contribution in [2.45, 2.75) is 32.7 Å². The van der Waals surface area contributed by atoms with Gasteiger partial charge in [-0.25, -0.2) is 4.79 Å². The Bertz CT molecular complexity index is 701. The number of esters is 1. The van der Waals surface area contributed by atoms with Gasteiger partial charge in [-0.2, -0.15) is 0 Å². The molecular formula is C16H18N2O3S. The zero-order valence-electron chi connectivity index (χ0n) is 12.4. The Morgan fingerprint density at radius 2 is 2.36 bits per heavy atom. The van der Waals surface area contributed by atoms with Crippen LogP contribution >= 0.6 is 11.3 Å². The lowest BCUT2D eigenvalue weighted by Crippen LogP contribution is -2.17. The minimum atomic E-state index is -0.355. The standard InChI is InChI=1S/C16H18N2O3S/c1-2-21-16(19)12-10-18(9-11-5-4-8-22-11)14-7-3-6-13(17-20)15(12)14/h4-5,8,10,20H,2-3,6-7,9H2,1H3. The molecule has 0 aromatic carbocycles. The summed E-state index contributed by atoms with van der Waals surface area (Å²) in [5.74, 6) is -0.355. The summed E-state index contributed by atoms with van der Waals surface area (Å²) in [7, 11) is 0. The van der Waals surface area contributed by atoms with Crippen LogP contribution in [0.2, 0.25) is 0 Å². The maximum Gasteiger partial charge on any atom is 0.340 e. The van der Waals surface area contributed by atoms with E-state index in [4.69, 9.17) is 4.74 Å². The van der Waals surface area contributed by atoms with Crippen molar-refractivity contribution in [2.24, 2.45) is 5.16 Å². The Morgan fingerprint density at radius 3 is 3.05 bits per heavy atom. The summed E-state index contributed by atoms with van der Waals surface area (Å²) in [4.78, 5) is 13.4. The van der Waals surface area contributed by atoms with Gasteiger partial charge in [0.15, 0.2) is 0 Å². The fraction of sp³-hybridized carbons (Fsp3) is 0.375. The van der Waals surface area contributed by atoms with Crippen molar-refractivity contribution in [1.29, 1.82) is 0 Å². The molecule has 5 nitrogen and oxygen atoms in total. The largest absolute Gasteiger partial charge is 0.462 e. The highest BCUT2D eigenvalue weighted by molar-refractivity contribution is 7.09. The molecule has 2 aromatic rings. The molecule has 2 heterocycles. The Kier molecular flexibility index (Phi) is 4.29. The van der Waals surface area contributed by atoms with E-state index in [1.807, 2.05) is 17.6 Å². The number of carbonyl (C=O) groups excluding carboxylic acids is 1. The number of hydrogen-bond donors (Lipinski definition) is 1. The van der Waals surface area contributed by atoms with Gasteiger partial charge in [-0.1, -0.05) is 11.2 Å². The van der Waals surface area contributed by atoms with Gasteiger partial charge in [-0.05, 0) is 37.6 Å². The Balaban J connectivity index is 2.06. The van der Waals surface area contributed by atoms with Crippen molar-refractivity contribution in [3.05, 3.63) is 45.4 Å². The number of thiophene rings is 1. The predicted molar refractivity (Wildman–Crippen MR) is 85.1 cm³/mol. The molecule has 0 amide bonds. The van der Waals surface area contributed by atoms with E-state index in [9.17, 15) is 10.0 Å². The van der Waals surface area contributed by atoms with Gasteiger partial charge in [-0.3, -0.25) is 0 Å². The summed E-state index contributed by atoms with van der Waals surface area (Å²) >= 11 is 1.69. The van der Waals surface area contributed by atoms with E-state index in [0.29, 0.717) is 24.3 Å². The van der Waals surface area contributed by atoms with Gasteiger partial charge in [0.25, 0.3) is 0 Å². The van der Waals surface area contributed by atoms with Gasteiger partial charge in [-0.15, -0.1) is 11.3 Å². The molecule has 1 aliphatic rings. The van der Waals surface area contributed by atoms with Gasteiger partial charge in [0, 0.05) is 22.3 Å². The zero-order valence-corrected chi connectivity index (χ0v) is 13.2. The maximum atomic E-state index is 12.2. The van der Waals surface area contributed by atoms with Gasteiger partial charge in [0.05, 0.1) is 24.4 Å². The first-order chi connectivity index (χ1) is 10.7. The van der Waals surface area contributed by atoms with Crippen molar-refractivity contribution in [2.75, 3.05) is 6.61 Å². The third-order valence-corrected chi connectivity index (χ3v) is 4.69. The molecule has 0 spiro atoms. The first-order valence-electron chi connectivity index (χ1n) is 7.37. The Hall–Kier alpha value is -2.08. The first kappa shape index (κ1) is 14.8. The summed E-state index contributed by atoms with van der Waals surface area (Å²) < 4.78 is 7.23. The van der Waals surface area contributed by atoms with E-state index in [0.717, 1.165) is 30.6 Å². The summed E-state index contributed by atoms with van der Waals surface area (Å²) in [6.07, 6.45) is 4.31. The second-order valence-corrected chi connectivity index (χ2v) is 6.22. The SMILES string of the molecule is CCOC(=O)c1cn(Cc2cccs2)c2c1C(=NO)CCC2. The summed E-state index contributed by atoms with van der Waals surface area (Å²) in [5, 5.41) is 14.7. The lowest BCUT2D eigenvalue weighted by atomic mass is 9.93. The van der Waals surface area contributed by atoms with E-state index in [1.54, 1.807) is 18.3 Å². The van der Waals surface area contributed by atoms with Crippen molar-refractivity contribution in [3.8, 4) is 0 Å². The second-order valence-electron chi connectivity index (χ2n) is 5.19. The van der Waals surface area contributed by atoms with Crippen LogP contribution in [0.15, 0.2) is 28.9 Å². The monoisotopic (exact) mass is 318 g/mol. The number of aromatic nitrogens is 1. The highest BCUT2D eigenvalue weighted by Gasteiger charge is 2.28. The Labute approximate surface area is 132 Å². The third-order valence-electron chi connectivity index (χ3n) is 3.83. The molecule has 1 N–H and O–H groups in total. The van der Waals surface area contributed by atoms with Crippen LogP contribution in [0.4, 0.5) is 0 Å². The summed E-state index contributed by atoms with van der Waals surface area (Å²) in [5.41, 5.74) is 2.88. The van der Waals surface area contributed by atoms with Crippen LogP contribution in [0.25, 0.3) is 0 Å². The van der Waals surface area contributed by atoms with Crippen LogP contribution in [-0.4, -0.2) is 28.1 Å². The minimum absolute atomic E-state index is 0.329. The molecule has 0 unspecified atom stereocenters. The number of oxime groups is 1. The van der Waals surface area contributed by atoms with Gasteiger partial charge < -0.3 is 14.5 Å². The van der Waals surface area contributed by atoms with Crippen molar-refractivity contribution in [3.63, 3.8) is 0 Å². The fourth-order valence-electron chi connectivity index (χ4n) is 2.91. The third kappa shape index (κ3) is 2.66. The van der Waals surface area contributed by atoms with Gasteiger partial charge >= 0.3 is 5.97 Å². The highest BCUT2D eigenvalue weighted by Crippen LogP contribution is 2.29. The normalized spacial score (nSPS) is 15.8. The first-order valence-corrected chi connectivity index (χ1v) is 8.25. The van der Waals surface area contributed by atoms with E-state index in [1.165, 1.54) is 4.88 Å². The number of hydrogen-bond acceptors (Lipinski definition) is 5. The molecule has 0 saturated heterocycles. The van der Waals surface area contributed by atoms with Crippen LogP contribution in [0.1, 0.15) is 46.3 Å². The van der Waals surface area contributed by atoms with Gasteiger partial charge in [0.1, 0.15) is 0 Å². The molecule has 1 aliphatic carbocycles. The highest BCUT2D eigenvalue weighted by atomic mass is 32.1. The van der Waals surface area contributed by atoms with Crippen molar-refractivity contribution in [1.82, 2.24) is 4.57 Å². The lowest BCUT2D eigenvalue weighted by molar-refractivity contribution is 0.0526. The maximum absolute atomic E-state index is 12.2. The van der Waals surface area contributed by atoms with Crippen LogP contribution in [-0.2, 0) is 17.7 Å². The molecule has 6 heteroatoms. The number of carbonyl (C=O) groups is 1. The summed E-state index contributed by atoms with van der Waals surface area (Å²) in [6.45, 7) is 2.83. The molecule has 0 atom stereocenters. The average molecular weight is 318 g/mol. The average Bonchev–Trinajstić information content (AvgIpc) is 3.16. The second kappa shape index (κ2) is 6.36. The smallest absolute Gasteiger partial charge is 0.340 e. The van der Waals surface area contributed by atoms with E-state index < -0.39 is 0 Å². The minimum Gasteiger partial charge on any atom is -0.462 e. The molecule has 3 rings (SSSR count). The van der Waals surface area contributed by atoms with Crippen LogP contribution in [0, 0.1) is 0 Å². The molecule has 0 saturated carbocycles. The topological polar surface area (TPSA) is 63.8 Å². The lowest BCUT2D eigenvalue weighted by Gasteiger charge is -2.16. The van der Waals surface area contributed by atoms with Gasteiger partial charge in [0.2, 0.25) is 0 Å². The number of rotatable bonds is 4. The molecular weight excluding hydrogens is 300 g/mol. The number of nitrogens with zero attached hydrogens (tertiary/aromatic N) is 2. The molecule has 0 fully saturated rings. The molecule has 0 aliphatic heterocycles. The molecule has 0 radical (unpaired) electrons. The van der Waals surface area contributed by atoms with Crippen LogP contribution < -0.4 is 0 Å². The fourth-order valence-corrected chi connectivity index (χ4v) is 3.61. The van der Waals surface area contributed by atoms with E-state index in [-0.39, 0.29) is 5.97 Å². The predicted octanol–water partition coefficient (Wildman–Crippen LogP) is 3.29. The molecule has 116 valence electrons. The molecule has 22 heavy (non-hydrogen) atoms. The van der Waals surface area contributed by atoms with E-state index >= 15 is 0 Å².